The van der Waals surface area contributed by atoms with E-state index in [-0.39, 0.29) is 17.7 Å². The Balaban J connectivity index is 1.50. The number of fused-ring (bicyclic) bond motifs is 2. The van der Waals surface area contributed by atoms with Crippen LogP contribution >= 0.6 is 0 Å². The number of carbonyl (C=O) groups is 2. The quantitative estimate of drug-likeness (QED) is 0.730. The predicted molar refractivity (Wildman–Crippen MR) is 110 cm³/mol. The fourth-order valence-electron chi connectivity index (χ4n) is 4.24. The number of hydrogen-bond acceptors (Lipinski definition) is 2. The lowest BCUT2D eigenvalue weighted by Gasteiger charge is -2.21. The van der Waals surface area contributed by atoms with Crippen LogP contribution < -0.4 is 10.2 Å². The molecule has 3 aromatic rings. The van der Waals surface area contributed by atoms with Crippen LogP contribution in [0.4, 0.5) is 11.4 Å². The highest BCUT2D eigenvalue weighted by Crippen LogP contribution is 2.40. The summed E-state index contributed by atoms with van der Waals surface area (Å²) in [6, 6.07) is 24.1. The third-order valence-electron chi connectivity index (χ3n) is 5.66. The number of benzene rings is 3. The number of carbonyl (C=O) groups excluding carboxylic acids is 2. The lowest BCUT2D eigenvalue weighted by molar-refractivity contribution is -0.116. The van der Waals surface area contributed by atoms with Crippen molar-refractivity contribution in [3.8, 4) is 0 Å². The van der Waals surface area contributed by atoms with E-state index in [4.69, 9.17) is 0 Å². The summed E-state index contributed by atoms with van der Waals surface area (Å²) in [4.78, 5) is 26.8. The van der Waals surface area contributed by atoms with E-state index in [0.29, 0.717) is 24.9 Å². The summed E-state index contributed by atoms with van der Waals surface area (Å²) in [5.74, 6) is 0.217. The molecule has 2 amide bonds. The van der Waals surface area contributed by atoms with Gasteiger partial charge in [-0.2, -0.15) is 0 Å². The molecule has 0 radical (unpaired) electrons. The third kappa shape index (κ3) is 2.78. The number of anilines is 2. The molecule has 2 aliphatic heterocycles. The zero-order valence-corrected chi connectivity index (χ0v) is 15.4. The molecule has 4 nitrogen and oxygen atoms in total. The van der Waals surface area contributed by atoms with Gasteiger partial charge in [-0.15, -0.1) is 0 Å². The molecule has 3 aromatic carbocycles. The summed E-state index contributed by atoms with van der Waals surface area (Å²) in [6.07, 6.45) is 1.14. The number of nitrogens with zero attached hydrogens (tertiary/aromatic N) is 1. The van der Waals surface area contributed by atoms with Gasteiger partial charge in [-0.1, -0.05) is 48.5 Å². The molecule has 0 saturated heterocycles. The fourth-order valence-corrected chi connectivity index (χ4v) is 4.24. The lowest BCUT2D eigenvalue weighted by Crippen LogP contribution is -2.30. The number of para-hydroxylation sites is 1. The van der Waals surface area contributed by atoms with Crippen molar-refractivity contribution in [2.24, 2.45) is 0 Å². The first kappa shape index (κ1) is 16.8. The molecule has 2 aliphatic rings. The molecule has 138 valence electrons. The summed E-state index contributed by atoms with van der Waals surface area (Å²) in [5.41, 5.74) is 5.89. The minimum absolute atomic E-state index is 0.00517. The Bertz CT molecular complexity index is 1070. The molecule has 0 fully saturated rings. The van der Waals surface area contributed by atoms with E-state index in [2.05, 4.69) is 23.5 Å². The average molecular weight is 368 g/mol. The van der Waals surface area contributed by atoms with Crippen LogP contribution in [0.2, 0.25) is 0 Å². The molecule has 0 saturated carbocycles. The van der Waals surface area contributed by atoms with Crippen molar-refractivity contribution in [1.29, 1.82) is 0 Å². The maximum atomic E-state index is 13.4. The first-order valence-corrected chi connectivity index (χ1v) is 9.59. The Morgan fingerprint density at radius 2 is 1.71 bits per heavy atom. The summed E-state index contributed by atoms with van der Waals surface area (Å²) in [6.45, 7) is 0.635. The van der Waals surface area contributed by atoms with Gasteiger partial charge in [-0.3, -0.25) is 9.59 Å². The Kier molecular flexibility index (Phi) is 3.97. The van der Waals surface area contributed by atoms with Crippen LogP contribution in [0.15, 0.2) is 72.8 Å². The number of nitrogens with one attached hydrogen (secondary N) is 1. The molecule has 0 bridgehead atoms. The fraction of sp³-hybridized carbons (Fsp3) is 0.167. The number of rotatable bonds is 2. The van der Waals surface area contributed by atoms with Gasteiger partial charge in [0.05, 0.1) is 0 Å². The van der Waals surface area contributed by atoms with Crippen LogP contribution in [0.1, 0.15) is 39.4 Å². The molecular weight excluding hydrogens is 348 g/mol. The van der Waals surface area contributed by atoms with Gasteiger partial charge in [-0.25, -0.2) is 0 Å². The SMILES string of the molecule is O=C1CCc2cc(C(=O)N3CC(c4ccccc4)c4ccccc43)ccc2N1. The number of amides is 2. The summed E-state index contributed by atoms with van der Waals surface area (Å²) < 4.78 is 0. The second-order valence-electron chi connectivity index (χ2n) is 7.36. The van der Waals surface area contributed by atoms with E-state index in [1.165, 1.54) is 11.1 Å². The Morgan fingerprint density at radius 3 is 2.57 bits per heavy atom. The summed E-state index contributed by atoms with van der Waals surface area (Å²) >= 11 is 0. The smallest absolute Gasteiger partial charge is 0.258 e. The molecule has 1 atom stereocenters. The highest BCUT2D eigenvalue weighted by Gasteiger charge is 2.33. The molecule has 0 aromatic heterocycles. The van der Waals surface area contributed by atoms with E-state index in [1.54, 1.807) is 0 Å². The highest BCUT2D eigenvalue weighted by molar-refractivity contribution is 6.08. The van der Waals surface area contributed by atoms with Gasteiger partial charge in [-0.05, 0) is 47.4 Å². The van der Waals surface area contributed by atoms with Crippen LogP contribution in [0.25, 0.3) is 0 Å². The number of aryl methyl sites for hydroxylation is 1. The van der Waals surface area contributed by atoms with Crippen LogP contribution in [-0.4, -0.2) is 18.4 Å². The van der Waals surface area contributed by atoms with E-state index in [0.717, 1.165) is 16.9 Å². The maximum absolute atomic E-state index is 13.4. The first-order chi connectivity index (χ1) is 13.7. The van der Waals surface area contributed by atoms with Gasteiger partial charge < -0.3 is 10.2 Å². The molecule has 2 heterocycles. The van der Waals surface area contributed by atoms with Crippen LogP contribution in [0.3, 0.4) is 0 Å². The van der Waals surface area contributed by atoms with Gasteiger partial charge in [0.25, 0.3) is 5.91 Å². The average Bonchev–Trinajstić information content (AvgIpc) is 3.13. The van der Waals surface area contributed by atoms with Gasteiger partial charge in [0, 0.05) is 35.8 Å². The van der Waals surface area contributed by atoms with Crippen molar-refractivity contribution in [3.05, 3.63) is 95.1 Å². The van der Waals surface area contributed by atoms with Crippen molar-refractivity contribution in [1.82, 2.24) is 0 Å². The molecule has 1 N–H and O–H groups in total. The predicted octanol–water partition coefficient (Wildman–Crippen LogP) is 4.36. The first-order valence-electron chi connectivity index (χ1n) is 9.59. The number of hydrogen-bond donors (Lipinski definition) is 1. The normalized spacial score (nSPS) is 17.6. The van der Waals surface area contributed by atoms with E-state index in [1.807, 2.05) is 59.5 Å². The highest BCUT2D eigenvalue weighted by atomic mass is 16.2. The molecule has 5 rings (SSSR count). The van der Waals surface area contributed by atoms with E-state index >= 15 is 0 Å². The van der Waals surface area contributed by atoms with Gasteiger partial charge >= 0.3 is 0 Å². The van der Waals surface area contributed by atoms with Crippen molar-refractivity contribution in [2.75, 3.05) is 16.8 Å². The summed E-state index contributed by atoms with van der Waals surface area (Å²) in [7, 11) is 0. The van der Waals surface area contributed by atoms with Crippen molar-refractivity contribution < 1.29 is 9.59 Å². The van der Waals surface area contributed by atoms with E-state index < -0.39 is 0 Å². The molecule has 0 spiro atoms. The van der Waals surface area contributed by atoms with Crippen LogP contribution in [0, 0.1) is 0 Å². The topological polar surface area (TPSA) is 49.4 Å². The molecular formula is C24H20N2O2. The molecule has 4 heteroatoms. The molecule has 28 heavy (non-hydrogen) atoms. The van der Waals surface area contributed by atoms with Gasteiger partial charge in [0.1, 0.15) is 0 Å². The minimum atomic E-state index is 0.00517. The zero-order valence-electron chi connectivity index (χ0n) is 15.4. The van der Waals surface area contributed by atoms with Gasteiger partial charge in [0.2, 0.25) is 5.91 Å². The molecule has 0 aliphatic carbocycles. The van der Waals surface area contributed by atoms with E-state index in [9.17, 15) is 9.59 Å². The van der Waals surface area contributed by atoms with Crippen molar-refractivity contribution >= 4 is 23.2 Å². The lowest BCUT2D eigenvalue weighted by atomic mass is 9.93. The van der Waals surface area contributed by atoms with Gasteiger partial charge in [0.15, 0.2) is 0 Å². The van der Waals surface area contributed by atoms with Crippen LogP contribution in [-0.2, 0) is 11.2 Å². The second-order valence-corrected chi connectivity index (χ2v) is 7.36. The second kappa shape index (κ2) is 6.64. The van der Waals surface area contributed by atoms with Crippen molar-refractivity contribution in [3.63, 3.8) is 0 Å². The standard InChI is InChI=1S/C24H20N2O2/c27-23-13-11-17-14-18(10-12-21(17)25-23)24(28)26-15-20(16-6-2-1-3-7-16)19-8-4-5-9-22(19)26/h1-10,12,14,20H,11,13,15H2,(H,25,27). The van der Waals surface area contributed by atoms with Crippen molar-refractivity contribution in [2.45, 2.75) is 18.8 Å². The minimum Gasteiger partial charge on any atom is -0.326 e. The van der Waals surface area contributed by atoms with Crippen LogP contribution in [0.5, 0.6) is 0 Å². The third-order valence-corrected chi connectivity index (χ3v) is 5.66. The zero-order chi connectivity index (χ0) is 19.1. The largest absolute Gasteiger partial charge is 0.326 e. The monoisotopic (exact) mass is 368 g/mol. The Morgan fingerprint density at radius 1 is 0.929 bits per heavy atom. The maximum Gasteiger partial charge on any atom is 0.258 e. The Labute approximate surface area is 163 Å². The summed E-state index contributed by atoms with van der Waals surface area (Å²) in [5, 5.41) is 2.88. The Hall–Kier alpha value is -3.40. The molecule has 1 unspecified atom stereocenters.